The summed E-state index contributed by atoms with van der Waals surface area (Å²) in [5.41, 5.74) is 6.10. The molecule has 0 saturated heterocycles. The van der Waals surface area contributed by atoms with Gasteiger partial charge in [0.05, 0.1) is 17.1 Å². The average Bonchev–Trinajstić information content (AvgIpc) is 3.22. The predicted octanol–water partition coefficient (Wildman–Crippen LogP) is 3.01. The Hall–Kier alpha value is -3.09. The van der Waals surface area contributed by atoms with Crippen LogP contribution in [-0.4, -0.2) is 24.4 Å². The molecule has 1 aromatic carbocycles. The summed E-state index contributed by atoms with van der Waals surface area (Å²) in [5, 5.41) is 8.64. The highest BCUT2D eigenvalue weighted by Crippen LogP contribution is 2.33. The van der Waals surface area contributed by atoms with Gasteiger partial charge in [-0.1, -0.05) is 38.1 Å². The van der Waals surface area contributed by atoms with Crippen molar-refractivity contribution in [1.82, 2.24) is 29.5 Å². The van der Waals surface area contributed by atoms with Gasteiger partial charge in [0.25, 0.3) is 5.89 Å². The minimum Gasteiger partial charge on any atom is -0.592 e. The van der Waals surface area contributed by atoms with Crippen LogP contribution in [0.2, 0.25) is 0 Å². The Kier molecular flexibility index (Phi) is 2.83. The largest absolute Gasteiger partial charge is 0.592 e. The van der Waals surface area contributed by atoms with E-state index in [0.29, 0.717) is 11.7 Å². The van der Waals surface area contributed by atoms with Crippen LogP contribution < -0.4 is 5.10 Å². The van der Waals surface area contributed by atoms with E-state index in [4.69, 9.17) is 4.52 Å². The number of nitrogens with zero attached hydrogens (tertiary/aromatic N) is 6. The number of hydrogen-bond donors (Lipinski definition) is 0. The van der Waals surface area contributed by atoms with Crippen LogP contribution in [0.3, 0.4) is 0 Å². The normalized spacial score (nSPS) is 12.8. The van der Waals surface area contributed by atoms with E-state index < -0.39 is 0 Å². The second-order valence-corrected chi connectivity index (χ2v) is 6.63. The van der Waals surface area contributed by atoms with E-state index in [2.05, 4.69) is 36.9 Å². The lowest BCUT2D eigenvalue weighted by molar-refractivity contribution is 0.418. The molecule has 0 bridgehead atoms. The molecule has 0 atom stereocenters. The molecule has 0 fully saturated rings. The lowest BCUT2D eigenvalue weighted by Gasteiger charge is -2.33. The predicted molar refractivity (Wildman–Crippen MR) is 91.1 cm³/mol. The van der Waals surface area contributed by atoms with E-state index in [0.717, 1.165) is 34.9 Å². The Labute approximate surface area is 144 Å². The van der Waals surface area contributed by atoms with Gasteiger partial charge in [-0.25, -0.2) is 4.98 Å². The summed E-state index contributed by atoms with van der Waals surface area (Å²) in [6, 6.07) is 8.19. The van der Waals surface area contributed by atoms with Crippen LogP contribution in [0.25, 0.3) is 23.0 Å². The van der Waals surface area contributed by atoms with Crippen LogP contribution in [-0.2, 0) is 6.42 Å². The topological polar surface area (TPSA) is 75.8 Å². The molecule has 3 aromatic heterocycles. The van der Waals surface area contributed by atoms with Gasteiger partial charge in [-0.3, -0.25) is 4.57 Å². The van der Waals surface area contributed by atoms with Gasteiger partial charge >= 0.3 is 0 Å². The molecule has 1 aliphatic heterocycles. The third kappa shape index (κ3) is 1.95. The zero-order valence-electron chi connectivity index (χ0n) is 14.3. The monoisotopic (exact) mass is 333 g/mol. The zero-order valence-corrected chi connectivity index (χ0v) is 14.3. The van der Waals surface area contributed by atoms with Crippen molar-refractivity contribution < 1.29 is 4.52 Å². The molecular formula is C18H17N6O-. The van der Waals surface area contributed by atoms with E-state index in [1.165, 1.54) is 5.69 Å². The summed E-state index contributed by atoms with van der Waals surface area (Å²) in [6.45, 7) is 6.12. The molecular weight excluding hydrogens is 316 g/mol. The van der Waals surface area contributed by atoms with Gasteiger partial charge in [0.1, 0.15) is 6.33 Å². The Bertz CT molecular complexity index is 1080. The quantitative estimate of drug-likeness (QED) is 0.496. The first-order valence-corrected chi connectivity index (χ1v) is 8.34. The van der Waals surface area contributed by atoms with Gasteiger partial charge in [0.2, 0.25) is 0 Å². The van der Waals surface area contributed by atoms with E-state index >= 15 is 0 Å². The molecule has 0 saturated carbocycles. The number of para-hydroxylation sites is 2. The number of imidazole rings is 1. The maximum atomic E-state index is 5.48. The minimum absolute atomic E-state index is 0.213. The van der Waals surface area contributed by atoms with Crippen LogP contribution in [0.5, 0.6) is 0 Å². The highest BCUT2D eigenvalue weighted by molar-refractivity contribution is 5.61. The maximum Gasteiger partial charge on any atom is 0.278 e. The summed E-state index contributed by atoms with van der Waals surface area (Å²) in [5.74, 6) is 1.38. The second kappa shape index (κ2) is 4.95. The van der Waals surface area contributed by atoms with Crippen LogP contribution in [0.15, 0.2) is 35.1 Å². The summed E-state index contributed by atoms with van der Waals surface area (Å²) < 4.78 is 9.59. The number of rotatable bonds is 2. The van der Waals surface area contributed by atoms with Crippen molar-refractivity contribution in [2.45, 2.75) is 33.1 Å². The fourth-order valence-corrected chi connectivity index (χ4v) is 3.28. The first-order valence-electron chi connectivity index (χ1n) is 8.34. The number of aryl methyl sites for hydroxylation is 1. The molecule has 4 heterocycles. The number of hydrogen-bond acceptors (Lipinski definition) is 4. The van der Waals surface area contributed by atoms with Crippen molar-refractivity contribution in [3.05, 3.63) is 53.5 Å². The van der Waals surface area contributed by atoms with Crippen molar-refractivity contribution in [2.24, 2.45) is 0 Å². The highest BCUT2D eigenvalue weighted by atomic mass is 16.5. The standard InChI is InChI=1S/C18H17N6O/c1-10(2)17-20-18(25-22-17)16-15-8-14-11(3)21-24(14)13-7-5-4-6-12(13)23(15)9-19-16/h4-7,9-10H,8H2,1-3H3/q-1. The summed E-state index contributed by atoms with van der Waals surface area (Å²) in [4.78, 5) is 9.11. The van der Waals surface area contributed by atoms with Gasteiger partial charge in [-0.15, -0.1) is 5.69 Å². The zero-order chi connectivity index (χ0) is 17.1. The van der Waals surface area contributed by atoms with Crippen LogP contribution in [0.1, 0.15) is 42.7 Å². The second-order valence-electron chi connectivity index (χ2n) is 6.63. The summed E-state index contributed by atoms with van der Waals surface area (Å²) in [6.07, 6.45) is 2.54. The molecule has 25 heavy (non-hydrogen) atoms. The van der Waals surface area contributed by atoms with Crippen molar-refractivity contribution >= 4 is 0 Å². The SMILES string of the molecule is Cc1[n-]n2c1Cc1c(-c3nc(C(C)C)no3)ncn1-c1ccccc1-2. The van der Waals surface area contributed by atoms with E-state index in [9.17, 15) is 0 Å². The molecule has 4 aromatic rings. The molecule has 0 N–H and O–H groups in total. The first-order chi connectivity index (χ1) is 12.1. The van der Waals surface area contributed by atoms with Gasteiger partial charge in [0, 0.05) is 12.3 Å². The lowest BCUT2D eigenvalue weighted by atomic mass is 10.1. The number of benzene rings is 1. The molecule has 7 nitrogen and oxygen atoms in total. The molecule has 5 rings (SSSR count). The van der Waals surface area contributed by atoms with Crippen molar-refractivity contribution in [1.29, 1.82) is 0 Å². The highest BCUT2D eigenvalue weighted by Gasteiger charge is 2.25. The van der Waals surface area contributed by atoms with Crippen LogP contribution in [0, 0.1) is 6.92 Å². The van der Waals surface area contributed by atoms with Gasteiger partial charge in [-0.2, -0.15) is 4.98 Å². The number of aromatic nitrogens is 6. The minimum atomic E-state index is 0.213. The summed E-state index contributed by atoms with van der Waals surface area (Å²) >= 11 is 0. The van der Waals surface area contributed by atoms with Crippen LogP contribution >= 0.6 is 0 Å². The molecule has 7 heteroatoms. The maximum absolute atomic E-state index is 5.48. The fraction of sp³-hybridized carbons (Fsp3) is 0.278. The Balaban J connectivity index is 1.72. The number of fused-ring (bicyclic) bond motifs is 5. The molecule has 0 amide bonds. The lowest BCUT2D eigenvalue weighted by Crippen LogP contribution is -2.19. The fourth-order valence-electron chi connectivity index (χ4n) is 3.28. The van der Waals surface area contributed by atoms with Crippen molar-refractivity contribution in [3.63, 3.8) is 0 Å². The van der Waals surface area contributed by atoms with Crippen molar-refractivity contribution in [2.75, 3.05) is 0 Å². The Morgan fingerprint density at radius 2 is 1.96 bits per heavy atom. The third-order valence-electron chi connectivity index (χ3n) is 4.65. The van der Waals surface area contributed by atoms with Crippen molar-refractivity contribution in [3.8, 4) is 23.0 Å². The van der Waals surface area contributed by atoms with Gasteiger partial charge in [0.15, 0.2) is 11.5 Å². The van der Waals surface area contributed by atoms with E-state index in [1.807, 2.05) is 43.9 Å². The average molecular weight is 333 g/mol. The van der Waals surface area contributed by atoms with Crippen LogP contribution in [0.4, 0.5) is 0 Å². The third-order valence-corrected chi connectivity index (χ3v) is 4.65. The Morgan fingerprint density at radius 3 is 2.68 bits per heavy atom. The van der Waals surface area contributed by atoms with Gasteiger partial charge < -0.3 is 14.3 Å². The van der Waals surface area contributed by atoms with E-state index in [-0.39, 0.29) is 5.92 Å². The molecule has 0 spiro atoms. The smallest absolute Gasteiger partial charge is 0.278 e. The summed E-state index contributed by atoms with van der Waals surface area (Å²) in [7, 11) is 0. The molecule has 0 unspecified atom stereocenters. The molecule has 126 valence electrons. The van der Waals surface area contributed by atoms with Gasteiger partial charge in [-0.05, 0) is 17.8 Å². The first kappa shape index (κ1) is 14.3. The Morgan fingerprint density at radius 1 is 1.16 bits per heavy atom. The molecule has 0 aliphatic carbocycles. The molecule has 1 aliphatic rings. The molecule has 0 radical (unpaired) electrons. The van der Waals surface area contributed by atoms with E-state index in [1.54, 1.807) is 0 Å².